The molecule has 1 unspecified atom stereocenters. The number of thiophene rings is 1. The summed E-state index contributed by atoms with van der Waals surface area (Å²) < 4.78 is 2.75. The van der Waals surface area contributed by atoms with Gasteiger partial charge < -0.3 is 0 Å². The Balaban J connectivity index is 1.90. The predicted molar refractivity (Wildman–Crippen MR) is 90.2 cm³/mol. The molecule has 1 heteroatoms. The van der Waals surface area contributed by atoms with Crippen molar-refractivity contribution >= 4 is 37.1 Å². The summed E-state index contributed by atoms with van der Waals surface area (Å²) in [6.45, 7) is 2.26. The summed E-state index contributed by atoms with van der Waals surface area (Å²) in [4.78, 5) is 0. The van der Waals surface area contributed by atoms with E-state index in [0.29, 0.717) is 5.92 Å². The number of hydrogen-bond acceptors (Lipinski definition) is 1. The summed E-state index contributed by atoms with van der Waals surface area (Å²) in [5, 5.41) is 2.76. The van der Waals surface area contributed by atoms with Crippen molar-refractivity contribution in [1.82, 2.24) is 0 Å². The van der Waals surface area contributed by atoms with Crippen molar-refractivity contribution in [1.29, 1.82) is 0 Å². The van der Waals surface area contributed by atoms with Gasteiger partial charge in [-0.25, -0.2) is 0 Å². The monoisotopic (exact) mass is 276 g/mol. The summed E-state index contributed by atoms with van der Waals surface area (Å²) in [6.07, 6.45) is 8.09. The first kappa shape index (κ1) is 11.9. The zero-order valence-corrected chi connectivity index (χ0v) is 12.3. The van der Waals surface area contributed by atoms with Gasteiger partial charge >= 0.3 is 0 Å². The van der Waals surface area contributed by atoms with Crippen molar-refractivity contribution in [3.63, 3.8) is 0 Å². The van der Waals surface area contributed by atoms with E-state index in [0.717, 1.165) is 6.42 Å². The van der Waals surface area contributed by atoms with Crippen molar-refractivity contribution < 1.29 is 0 Å². The standard InChI is InChI=1S/C19H16S/c1-13-6-8-14(9-7-13)15-10-11-19-17(12-15)16-4-2-3-5-18(16)20-19/h2-6,8-13H,7H2,1H3. The third kappa shape index (κ3) is 1.90. The van der Waals surface area contributed by atoms with Gasteiger partial charge in [-0.1, -0.05) is 49.4 Å². The summed E-state index contributed by atoms with van der Waals surface area (Å²) in [7, 11) is 0. The van der Waals surface area contributed by atoms with Gasteiger partial charge in [0.15, 0.2) is 0 Å². The minimum Gasteiger partial charge on any atom is -0.135 e. The van der Waals surface area contributed by atoms with Gasteiger partial charge in [0.05, 0.1) is 0 Å². The lowest BCUT2D eigenvalue weighted by Crippen LogP contribution is -1.93. The van der Waals surface area contributed by atoms with Crippen molar-refractivity contribution in [3.05, 3.63) is 66.3 Å². The molecule has 0 spiro atoms. The van der Waals surface area contributed by atoms with Crippen LogP contribution in [0.1, 0.15) is 18.9 Å². The number of benzene rings is 2. The molecular weight excluding hydrogens is 260 g/mol. The lowest BCUT2D eigenvalue weighted by Gasteiger charge is -2.12. The quantitative estimate of drug-likeness (QED) is 0.508. The fourth-order valence-corrected chi connectivity index (χ4v) is 3.93. The molecule has 1 heterocycles. The van der Waals surface area contributed by atoms with Crippen LogP contribution in [0.15, 0.2) is 60.7 Å². The Bertz CT molecular complexity index is 848. The average Bonchev–Trinajstić information content (AvgIpc) is 2.86. The lowest BCUT2D eigenvalue weighted by atomic mass is 9.93. The van der Waals surface area contributed by atoms with Gasteiger partial charge in [-0.2, -0.15) is 0 Å². The molecule has 0 nitrogen and oxygen atoms in total. The molecule has 0 aliphatic heterocycles. The summed E-state index contributed by atoms with van der Waals surface area (Å²) >= 11 is 1.88. The first-order chi connectivity index (χ1) is 9.81. The normalized spacial score (nSPS) is 18.6. The van der Waals surface area contributed by atoms with Gasteiger partial charge in [0.1, 0.15) is 0 Å². The van der Waals surface area contributed by atoms with Crippen molar-refractivity contribution in [2.24, 2.45) is 5.92 Å². The maximum absolute atomic E-state index is 2.36. The summed E-state index contributed by atoms with van der Waals surface area (Å²) in [5.74, 6) is 0.671. The van der Waals surface area contributed by atoms with Crippen LogP contribution in [0.5, 0.6) is 0 Å². The molecule has 0 saturated carbocycles. The zero-order chi connectivity index (χ0) is 13.5. The van der Waals surface area contributed by atoms with Crippen LogP contribution in [0.25, 0.3) is 25.7 Å². The number of allylic oxidation sites excluding steroid dienone is 4. The topological polar surface area (TPSA) is 0 Å². The van der Waals surface area contributed by atoms with E-state index in [-0.39, 0.29) is 0 Å². The highest BCUT2D eigenvalue weighted by Crippen LogP contribution is 2.36. The molecule has 20 heavy (non-hydrogen) atoms. The third-order valence-corrected chi connectivity index (χ3v) is 5.18. The van der Waals surface area contributed by atoms with Crippen LogP contribution in [0, 0.1) is 5.92 Å². The Hall–Kier alpha value is -1.86. The minimum atomic E-state index is 0.671. The molecule has 0 fully saturated rings. The molecule has 98 valence electrons. The molecule has 3 aromatic rings. The largest absolute Gasteiger partial charge is 0.135 e. The van der Waals surface area contributed by atoms with E-state index >= 15 is 0 Å². The Morgan fingerprint density at radius 3 is 2.70 bits per heavy atom. The van der Waals surface area contributed by atoms with Gasteiger partial charge in [-0.3, -0.25) is 0 Å². The maximum atomic E-state index is 2.36. The van der Waals surface area contributed by atoms with Gasteiger partial charge in [0.25, 0.3) is 0 Å². The molecule has 1 aliphatic rings. The van der Waals surface area contributed by atoms with Crippen LogP contribution in [0.2, 0.25) is 0 Å². The molecular formula is C19H16S. The van der Waals surface area contributed by atoms with E-state index in [1.807, 2.05) is 11.3 Å². The van der Waals surface area contributed by atoms with E-state index in [1.54, 1.807) is 0 Å². The summed E-state index contributed by atoms with van der Waals surface area (Å²) in [5.41, 5.74) is 2.70. The molecule has 1 aliphatic carbocycles. The van der Waals surface area contributed by atoms with Crippen LogP contribution in [0.4, 0.5) is 0 Å². The molecule has 2 aromatic carbocycles. The first-order valence-electron chi connectivity index (χ1n) is 7.11. The van der Waals surface area contributed by atoms with Crippen LogP contribution in [0.3, 0.4) is 0 Å². The second kappa shape index (κ2) is 4.60. The van der Waals surface area contributed by atoms with Crippen LogP contribution < -0.4 is 0 Å². The minimum absolute atomic E-state index is 0.671. The second-order valence-electron chi connectivity index (χ2n) is 5.54. The first-order valence-corrected chi connectivity index (χ1v) is 7.93. The lowest BCUT2D eigenvalue weighted by molar-refractivity contribution is 0.739. The predicted octanol–water partition coefficient (Wildman–Crippen LogP) is 6.03. The molecule has 0 amide bonds. The SMILES string of the molecule is CC1C=CC(c2ccc3sc4ccccc4c3c2)=CC1. The maximum Gasteiger partial charge on any atom is 0.0355 e. The van der Waals surface area contributed by atoms with Crippen molar-refractivity contribution in [3.8, 4) is 0 Å². The number of rotatable bonds is 1. The Morgan fingerprint density at radius 2 is 1.85 bits per heavy atom. The average molecular weight is 276 g/mol. The molecule has 4 rings (SSSR count). The fourth-order valence-electron chi connectivity index (χ4n) is 2.85. The van der Waals surface area contributed by atoms with E-state index in [4.69, 9.17) is 0 Å². The molecule has 0 saturated heterocycles. The van der Waals surface area contributed by atoms with Gasteiger partial charge in [0.2, 0.25) is 0 Å². The van der Waals surface area contributed by atoms with E-state index in [1.165, 1.54) is 31.3 Å². The number of fused-ring (bicyclic) bond motifs is 3. The van der Waals surface area contributed by atoms with Crippen LogP contribution in [-0.2, 0) is 0 Å². The van der Waals surface area contributed by atoms with Crippen LogP contribution in [-0.4, -0.2) is 0 Å². The van der Waals surface area contributed by atoms with Crippen LogP contribution >= 0.6 is 11.3 Å². The van der Waals surface area contributed by atoms with Gasteiger partial charge in [-0.15, -0.1) is 11.3 Å². The molecule has 0 bridgehead atoms. The van der Waals surface area contributed by atoms with E-state index < -0.39 is 0 Å². The van der Waals surface area contributed by atoms with Gasteiger partial charge in [0, 0.05) is 20.2 Å². The summed E-state index contributed by atoms with van der Waals surface area (Å²) in [6, 6.07) is 15.5. The fraction of sp³-hybridized carbons (Fsp3) is 0.158. The van der Waals surface area contributed by atoms with E-state index in [9.17, 15) is 0 Å². The van der Waals surface area contributed by atoms with E-state index in [2.05, 4.69) is 67.6 Å². The number of hydrogen-bond donors (Lipinski definition) is 0. The second-order valence-corrected chi connectivity index (χ2v) is 6.62. The van der Waals surface area contributed by atoms with Crippen molar-refractivity contribution in [2.45, 2.75) is 13.3 Å². The Labute approximate surface area is 123 Å². The van der Waals surface area contributed by atoms with Gasteiger partial charge in [-0.05, 0) is 41.7 Å². The highest BCUT2D eigenvalue weighted by atomic mass is 32.1. The highest BCUT2D eigenvalue weighted by molar-refractivity contribution is 7.25. The highest BCUT2D eigenvalue weighted by Gasteiger charge is 2.09. The third-order valence-electron chi connectivity index (χ3n) is 4.02. The zero-order valence-electron chi connectivity index (χ0n) is 11.5. The molecule has 1 atom stereocenters. The molecule has 0 N–H and O–H groups in total. The molecule has 1 aromatic heterocycles. The molecule has 0 radical (unpaired) electrons. The smallest absolute Gasteiger partial charge is 0.0355 e. The Kier molecular flexibility index (Phi) is 2.75. The van der Waals surface area contributed by atoms with Crippen molar-refractivity contribution in [2.75, 3.05) is 0 Å². The Morgan fingerprint density at radius 1 is 1.00 bits per heavy atom.